The second-order valence-corrected chi connectivity index (χ2v) is 5.88. The number of nitrogen functional groups attached to an aromatic ring is 1. The average Bonchev–Trinajstić information content (AvgIpc) is 3.05. The molecule has 1 amide bonds. The first-order valence-electron chi connectivity index (χ1n) is 6.96. The quantitative estimate of drug-likeness (QED) is 0.686. The molecule has 0 unspecified atom stereocenters. The molecule has 5 nitrogen and oxygen atoms in total. The van der Waals surface area contributed by atoms with Gasteiger partial charge in [-0.25, -0.2) is 4.98 Å². The number of nitrogens with one attached hydrogen (secondary N) is 1. The number of amides is 1. The molecule has 0 aliphatic carbocycles. The molecule has 3 N–H and O–H groups in total. The van der Waals surface area contributed by atoms with E-state index >= 15 is 0 Å². The third-order valence-corrected chi connectivity index (χ3v) is 3.79. The van der Waals surface area contributed by atoms with E-state index < -0.39 is 0 Å². The number of hydrogen-bond donors (Lipinski definition) is 2. The highest BCUT2D eigenvalue weighted by Crippen LogP contribution is 2.20. The Labute approximate surface area is 141 Å². The third kappa shape index (κ3) is 3.78. The molecule has 2 aromatic carbocycles. The summed E-state index contributed by atoms with van der Waals surface area (Å²) in [5.41, 5.74) is 8.32. The van der Waals surface area contributed by atoms with E-state index in [1.165, 1.54) is 6.26 Å². The van der Waals surface area contributed by atoms with Gasteiger partial charge in [0.05, 0.1) is 0 Å². The van der Waals surface area contributed by atoms with Crippen LogP contribution in [-0.2, 0) is 6.54 Å². The van der Waals surface area contributed by atoms with Gasteiger partial charge in [0.15, 0.2) is 5.69 Å². The minimum atomic E-state index is -0.279. The summed E-state index contributed by atoms with van der Waals surface area (Å²) in [4.78, 5) is 16.3. The zero-order valence-electron chi connectivity index (χ0n) is 12.1. The van der Waals surface area contributed by atoms with Crippen LogP contribution in [0.1, 0.15) is 16.1 Å². The number of halogens is 1. The smallest absolute Gasteiger partial charge is 0.273 e. The first kappa shape index (κ1) is 15.3. The second kappa shape index (κ2) is 6.66. The number of aromatic nitrogens is 1. The van der Waals surface area contributed by atoms with Crippen LogP contribution in [0, 0.1) is 0 Å². The van der Waals surface area contributed by atoms with E-state index in [1.54, 1.807) is 24.3 Å². The van der Waals surface area contributed by atoms with Gasteiger partial charge in [0.1, 0.15) is 6.26 Å². The van der Waals surface area contributed by atoms with Crippen LogP contribution in [0.2, 0.25) is 0 Å². The van der Waals surface area contributed by atoms with Crippen LogP contribution in [-0.4, -0.2) is 10.9 Å². The molecular formula is C17H14BrN3O2. The van der Waals surface area contributed by atoms with Crippen LogP contribution >= 0.6 is 15.9 Å². The van der Waals surface area contributed by atoms with Gasteiger partial charge in [0.2, 0.25) is 5.89 Å². The molecule has 0 radical (unpaired) electrons. The second-order valence-electron chi connectivity index (χ2n) is 4.97. The highest BCUT2D eigenvalue weighted by atomic mass is 79.9. The molecule has 0 atom stereocenters. The minimum Gasteiger partial charge on any atom is -0.444 e. The van der Waals surface area contributed by atoms with E-state index in [9.17, 15) is 4.79 Å². The highest BCUT2D eigenvalue weighted by Gasteiger charge is 2.13. The number of carbonyl (C=O) groups is 1. The van der Waals surface area contributed by atoms with Gasteiger partial charge >= 0.3 is 0 Å². The molecule has 116 valence electrons. The van der Waals surface area contributed by atoms with Crippen LogP contribution in [0.15, 0.2) is 63.7 Å². The zero-order chi connectivity index (χ0) is 16.2. The van der Waals surface area contributed by atoms with Gasteiger partial charge in [-0.1, -0.05) is 28.1 Å². The SMILES string of the molecule is Nc1ccc(-c2nc(C(=O)NCc3ccc(Br)cc3)co2)cc1. The van der Waals surface area contributed by atoms with Crippen LogP contribution in [0.25, 0.3) is 11.5 Å². The number of oxazole rings is 1. The molecule has 23 heavy (non-hydrogen) atoms. The van der Waals surface area contributed by atoms with Gasteiger partial charge in [0, 0.05) is 22.3 Å². The fourth-order valence-corrected chi connectivity index (χ4v) is 2.28. The first-order chi connectivity index (χ1) is 11.1. The molecule has 0 bridgehead atoms. The van der Waals surface area contributed by atoms with Gasteiger partial charge in [-0.15, -0.1) is 0 Å². The summed E-state index contributed by atoms with van der Waals surface area (Å²) in [6.45, 7) is 0.427. The Bertz CT molecular complexity index is 811. The summed E-state index contributed by atoms with van der Waals surface area (Å²) in [7, 11) is 0. The van der Waals surface area contributed by atoms with Crippen molar-refractivity contribution in [3.05, 3.63) is 70.5 Å². The number of nitrogens with two attached hydrogens (primary N) is 1. The van der Waals surface area contributed by atoms with Crippen molar-refractivity contribution in [3.63, 3.8) is 0 Å². The van der Waals surface area contributed by atoms with Crippen molar-refractivity contribution < 1.29 is 9.21 Å². The molecule has 3 aromatic rings. The van der Waals surface area contributed by atoms with Crippen molar-refractivity contribution in [1.82, 2.24) is 10.3 Å². The number of rotatable bonds is 4. The van der Waals surface area contributed by atoms with E-state index in [4.69, 9.17) is 10.2 Å². The van der Waals surface area contributed by atoms with Gasteiger partial charge in [0.25, 0.3) is 5.91 Å². The maximum Gasteiger partial charge on any atom is 0.273 e. The lowest BCUT2D eigenvalue weighted by Crippen LogP contribution is -2.23. The minimum absolute atomic E-state index is 0.244. The molecule has 1 aromatic heterocycles. The van der Waals surface area contributed by atoms with Crippen molar-refractivity contribution in [1.29, 1.82) is 0 Å². The Morgan fingerprint density at radius 3 is 2.52 bits per heavy atom. The summed E-state index contributed by atoms with van der Waals surface area (Å²) in [6, 6.07) is 14.8. The van der Waals surface area contributed by atoms with Gasteiger partial charge in [-0.3, -0.25) is 4.79 Å². The largest absolute Gasteiger partial charge is 0.444 e. The van der Waals surface area contributed by atoms with Crippen molar-refractivity contribution in [2.24, 2.45) is 0 Å². The van der Waals surface area contributed by atoms with E-state index in [0.29, 0.717) is 18.1 Å². The summed E-state index contributed by atoms with van der Waals surface area (Å²) in [6.07, 6.45) is 1.35. The molecule has 0 aliphatic rings. The van der Waals surface area contributed by atoms with E-state index in [0.717, 1.165) is 15.6 Å². The monoisotopic (exact) mass is 371 g/mol. The number of hydrogen-bond acceptors (Lipinski definition) is 4. The Hall–Kier alpha value is -2.60. The molecule has 0 saturated carbocycles. The number of anilines is 1. The fraction of sp³-hybridized carbons (Fsp3) is 0.0588. The average molecular weight is 372 g/mol. The summed E-state index contributed by atoms with van der Waals surface area (Å²) >= 11 is 3.37. The van der Waals surface area contributed by atoms with Gasteiger partial charge in [-0.2, -0.15) is 0 Å². The fourth-order valence-electron chi connectivity index (χ4n) is 2.01. The highest BCUT2D eigenvalue weighted by molar-refractivity contribution is 9.10. The molecule has 0 spiro atoms. The van der Waals surface area contributed by atoms with Crippen LogP contribution in [0.3, 0.4) is 0 Å². The molecule has 0 fully saturated rings. The summed E-state index contributed by atoms with van der Waals surface area (Å²) in [5.74, 6) is 0.108. The molecular weight excluding hydrogens is 358 g/mol. The normalized spacial score (nSPS) is 10.5. The van der Waals surface area contributed by atoms with Gasteiger partial charge in [-0.05, 0) is 42.0 Å². The zero-order valence-corrected chi connectivity index (χ0v) is 13.7. The number of benzene rings is 2. The van der Waals surface area contributed by atoms with Gasteiger partial charge < -0.3 is 15.5 Å². The van der Waals surface area contributed by atoms with Crippen molar-refractivity contribution in [3.8, 4) is 11.5 Å². The summed E-state index contributed by atoms with van der Waals surface area (Å²) in [5, 5.41) is 2.81. The predicted octanol–water partition coefficient (Wildman–Crippen LogP) is 3.62. The third-order valence-electron chi connectivity index (χ3n) is 3.26. The molecule has 6 heteroatoms. The number of nitrogens with zero attached hydrogens (tertiary/aromatic N) is 1. The van der Waals surface area contributed by atoms with Crippen molar-refractivity contribution >= 4 is 27.5 Å². The lowest BCUT2D eigenvalue weighted by atomic mass is 10.2. The van der Waals surface area contributed by atoms with Crippen molar-refractivity contribution in [2.45, 2.75) is 6.54 Å². The topological polar surface area (TPSA) is 81.1 Å². The summed E-state index contributed by atoms with van der Waals surface area (Å²) < 4.78 is 6.36. The Morgan fingerprint density at radius 2 is 1.83 bits per heavy atom. The Morgan fingerprint density at radius 1 is 1.13 bits per heavy atom. The van der Waals surface area contributed by atoms with Crippen LogP contribution < -0.4 is 11.1 Å². The van der Waals surface area contributed by atoms with E-state index in [-0.39, 0.29) is 11.6 Å². The Balaban J connectivity index is 1.66. The molecule has 3 rings (SSSR count). The predicted molar refractivity (Wildman–Crippen MR) is 91.7 cm³/mol. The van der Waals surface area contributed by atoms with Crippen LogP contribution in [0.5, 0.6) is 0 Å². The first-order valence-corrected chi connectivity index (χ1v) is 7.75. The van der Waals surface area contributed by atoms with E-state index in [1.807, 2.05) is 24.3 Å². The molecule has 0 aliphatic heterocycles. The Kier molecular flexibility index (Phi) is 4.43. The van der Waals surface area contributed by atoms with Crippen LogP contribution in [0.4, 0.5) is 5.69 Å². The number of carbonyl (C=O) groups excluding carboxylic acids is 1. The standard InChI is InChI=1S/C17H14BrN3O2/c18-13-5-1-11(2-6-13)9-20-16(22)15-10-23-17(21-15)12-3-7-14(19)8-4-12/h1-8,10H,9,19H2,(H,20,22). The maximum absolute atomic E-state index is 12.1. The van der Waals surface area contributed by atoms with Crippen molar-refractivity contribution in [2.75, 3.05) is 5.73 Å². The van der Waals surface area contributed by atoms with E-state index in [2.05, 4.69) is 26.2 Å². The maximum atomic E-state index is 12.1. The lowest BCUT2D eigenvalue weighted by Gasteiger charge is -2.03. The lowest BCUT2D eigenvalue weighted by molar-refractivity contribution is 0.0946. The molecule has 0 saturated heterocycles. The molecule has 1 heterocycles.